The molecule has 1 saturated carbocycles. The van der Waals surface area contributed by atoms with E-state index in [1.165, 1.54) is 43.4 Å². The Morgan fingerprint density at radius 3 is 2.44 bits per heavy atom. The minimum absolute atomic E-state index is 0.0339. The van der Waals surface area contributed by atoms with Crippen LogP contribution in [0.1, 0.15) is 58.5 Å². The molecule has 1 aromatic carbocycles. The molecule has 1 fully saturated rings. The Morgan fingerprint density at radius 1 is 1.11 bits per heavy atom. The first kappa shape index (κ1) is 19.8. The van der Waals surface area contributed by atoms with Gasteiger partial charge in [0.1, 0.15) is 5.00 Å². The van der Waals surface area contributed by atoms with Crippen LogP contribution in [0.3, 0.4) is 0 Å². The van der Waals surface area contributed by atoms with Crippen LogP contribution in [0, 0.1) is 13.8 Å². The van der Waals surface area contributed by atoms with E-state index in [2.05, 4.69) is 10.2 Å². The number of hydrogen-bond acceptors (Lipinski definition) is 4. The molecule has 27 heavy (non-hydrogen) atoms. The molecule has 0 radical (unpaired) electrons. The number of benzene rings is 1. The summed E-state index contributed by atoms with van der Waals surface area (Å²) in [6.45, 7) is 4.30. The third kappa shape index (κ3) is 4.66. The highest BCUT2D eigenvalue weighted by atomic mass is 32.1. The van der Waals surface area contributed by atoms with Crippen LogP contribution in [-0.4, -0.2) is 36.2 Å². The molecule has 144 valence electrons. The molecule has 0 spiro atoms. The van der Waals surface area contributed by atoms with Crippen molar-refractivity contribution >= 4 is 28.0 Å². The van der Waals surface area contributed by atoms with Gasteiger partial charge in [0.2, 0.25) is 5.91 Å². The van der Waals surface area contributed by atoms with Crippen molar-refractivity contribution in [1.82, 2.24) is 4.90 Å². The van der Waals surface area contributed by atoms with E-state index in [4.69, 9.17) is 0 Å². The average molecular weight is 385 g/mol. The average Bonchev–Trinajstić information content (AvgIpc) is 2.95. The number of hydrogen-bond donors (Lipinski definition) is 1. The molecule has 0 aliphatic heterocycles. The maximum absolute atomic E-state index is 13.0. The summed E-state index contributed by atoms with van der Waals surface area (Å²) in [5.41, 5.74) is 2.22. The SMILES string of the molecule is Cc1sc(NC(=O)CN(C)C2CCCCC2)c(C(=O)c2ccccc2)c1C. The van der Waals surface area contributed by atoms with Crippen molar-refractivity contribution in [2.45, 2.75) is 52.0 Å². The van der Waals surface area contributed by atoms with Gasteiger partial charge in [-0.3, -0.25) is 14.5 Å². The number of amides is 1. The Bertz CT molecular complexity index is 807. The van der Waals surface area contributed by atoms with Crippen molar-refractivity contribution in [2.75, 3.05) is 18.9 Å². The van der Waals surface area contributed by atoms with Gasteiger partial charge in [-0.15, -0.1) is 11.3 Å². The van der Waals surface area contributed by atoms with Crippen LogP contribution >= 0.6 is 11.3 Å². The Kier molecular flexibility index (Phi) is 6.45. The Hall–Kier alpha value is -1.98. The second-order valence-corrected chi connectivity index (χ2v) is 8.66. The van der Waals surface area contributed by atoms with Crippen LogP contribution in [0.2, 0.25) is 0 Å². The van der Waals surface area contributed by atoms with E-state index in [9.17, 15) is 9.59 Å². The fourth-order valence-corrected chi connectivity index (χ4v) is 4.84. The van der Waals surface area contributed by atoms with Crippen LogP contribution in [0.5, 0.6) is 0 Å². The smallest absolute Gasteiger partial charge is 0.239 e. The molecule has 1 aliphatic carbocycles. The number of nitrogens with zero attached hydrogens (tertiary/aromatic N) is 1. The lowest BCUT2D eigenvalue weighted by Crippen LogP contribution is -2.39. The van der Waals surface area contributed by atoms with Crippen molar-refractivity contribution in [3.63, 3.8) is 0 Å². The zero-order valence-corrected chi connectivity index (χ0v) is 17.2. The second-order valence-electron chi connectivity index (χ2n) is 7.44. The highest BCUT2D eigenvalue weighted by Crippen LogP contribution is 2.34. The van der Waals surface area contributed by atoms with E-state index in [1.54, 1.807) is 0 Å². The molecular weight excluding hydrogens is 356 g/mol. The van der Waals surface area contributed by atoms with Crippen molar-refractivity contribution in [3.8, 4) is 0 Å². The molecule has 0 unspecified atom stereocenters. The Balaban J connectivity index is 1.74. The number of anilines is 1. The number of thiophene rings is 1. The number of carbonyl (C=O) groups is 2. The van der Waals surface area contributed by atoms with Gasteiger partial charge >= 0.3 is 0 Å². The topological polar surface area (TPSA) is 49.4 Å². The molecule has 0 saturated heterocycles. The summed E-state index contributed by atoms with van der Waals surface area (Å²) >= 11 is 1.48. The summed E-state index contributed by atoms with van der Waals surface area (Å²) in [5.74, 6) is -0.0835. The van der Waals surface area contributed by atoms with Crippen LogP contribution in [0.25, 0.3) is 0 Å². The summed E-state index contributed by atoms with van der Waals surface area (Å²) in [6.07, 6.45) is 6.12. The van der Waals surface area contributed by atoms with Crippen LogP contribution < -0.4 is 5.32 Å². The van der Waals surface area contributed by atoms with Gasteiger partial charge in [-0.25, -0.2) is 0 Å². The van der Waals surface area contributed by atoms with Gasteiger partial charge in [0, 0.05) is 16.5 Å². The predicted octanol–water partition coefficient (Wildman–Crippen LogP) is 4.80. The standard InChI is InChI=1S/C22H28N2O2S/c1-15-16(2)27-22(20(15)21(26)17-10-6-4-7-11-17)23-19(25)14-24(3)18-12-8-5-9-13-18/h4,6-7,10-11,18H,5,8-9,12-14H2,1-3H3,(H,23,25). The molecule has 1 N–H and O–H groups in total. The molecule has 1 aliphatic rings. The molecule has 0 bridgehead atoms. The summed E-state index contributed by atoms with van der Waals surface area (Å²) in [7, 11) is 2.02. The van der Waals surface area contributed by atoms with E-state index in [0.29, 0.717) is 28.7 Å². The Labute approximate surface area is 165 Å². The number of nitrogens with one attached hydrogen (secondary N) is 1. The fraction of sp³-hybridized carbons (Fsp3) is 0.455. The second kappa shape index (κ2) is 8.81. The predicted molar refractivity (Wildman–Crippen MR) is 112 cm³/mol. The molecule has 2 aromatic rings. The zero-order chi connectivity index (χ0) is 19.4. The lowest BCUT2D eigenvalue weighted by Gasteiger charge is -2.30. The van der Waals surface area contributed by atoms with E-state index in [1.807, 2.05) is 51.2 Å². The first-order valence-electron chi connectivity index (χ1n) is 9.67. The van der Waals surface area contributed by atoms with Crippen LogP contribution in [0.4, 0.5) is 5.00 Å². The Morgan fingerprint density at radius 2 is 1.78 bits per heavy atom. The molecular formula is C22H28N2O2S. The fourth-order valence-electron chi connectivity index (χ4n) is 3.77. The van der Waals surface area contributed by atoms with Gasteiger partial charge in [0.05, 0.1) is 12.1 Å². The maximum atomic E-state index is 13.0. The molecule has 1 aromatic heterocycles. The molecule has 0 atom stereocenters. The number of carbonyl (C=O) groups excluding carboxylic acids is 2. The minimum atomic E-state index is -0.0496. The summed E-state index contributed by atoms with van der Waals surface area (Å²) in [4.78, 5) is 28.9. The molecule has 5 heteroatoms. The number of ketones is 1. The maximum Gasteiger partial charge on any atom is 0.239 e. The largest absolute Gasteiger partial charge is 0.316 e. The van der Waals surface area contributed by atoms with Gasteiger partial charge in [-0.2, -0.15) is 0 Å². The molecule has 3 rings (SSSR count). The number of aryl methyl sites for hydroxylation is 1. The van der Waals surface area contributed by atoms with Crippen LogP contribution in [-0.2, 0) is 4.79 Å². The summed E-state index contributed by atoms with van der Waals surface area (Å²) in [6, 6.07) is 9.74. The number of rotatable bonds is 6. The highest BCUT2D eigenvalue weighted by Gasteiger charge is 2.24. The monoisotopic (exact) mass is 384 g/mol. The van der Waals surface area contributed by atoms with Crippen LogP contribution in [0.15, 0.2) is 30.3 Å². The van der Waals surface area contributed by atoms with Crippen molar-refractivity contribution in [1.29, 1.82) is 0 Å². The van der Waals surface area contributed by atoms with E-state index in [0.717, 1.165) is 10.4 Å². The first-order valence-corrected chi connectivity index (χ1v) is 10.5. The van der Waals surface area contributed by atoms with Gasteiger partial charge in [-0.1, -0.05) is 49.6 Å². The van der Waals surface area contributed by atoms with Gasteiger partial charge in [0.15, 0.2) is 5.78 Å². The van der Waals surface area contributed by atoms with E-state index in [-0.39, 0.29) is 11.7 Å². The highest BCUT2D eigenvalue weighted by molar-refractivity contribution is 7.16. The van der Waals surface area contributed by atoms with Gasteiger partial charge < -0.3 is 5.32 Å². The van der Waals surface area contributed by atoms with E-state index >= 15 is 0 Å². The minimum Gasteiger partial charge on any atom is -0.316 e. The molecule has 1 amide bonds. The van der Waals surface area contributed by atoms with Crippen molar-refractivity contribution in [3.05, 3.63) is 51.9 Å². The van der Waals surface area contributed by atoms with Gasteiger partial charge in [0.25, 0.3) is 0 Å². The first-order chi connectivity index (χ1) is 13.0. The quantitative estimate of drug-likeness (QED) is 0.728. The lowest BCUT2D eigenvalue weighted by atomic mass is 9.94. The van der Waals surface area contributed by atoms with Crippen molar-refractivity contribution < 1.29 is 9.59 Å². The summed E-state index contributed by atoms with van der Waals surface area (Å²) in [5, 5.41) is 3.68. The molecule has 4 nitrogen and oxygen atoms in total. The third-order valence-electron chi connectivity index (χ3n) is 5.49. The van der Waals surface area contributed by atoms with Gasteiger partial charge in [-0.05, 0) is 39.3 Å². The van der Waals surface area contributed by atoms with Crippen molar-refractivity contribution in [2.24, 2.45) is 0 Å². The van der Waals surface area contributed by atoms with E-state index < -0.39 is 0 Å². The normalized spacial score (nSPS) is 15.1. The molecule has 1 heterocycles. The summed E-state index contributed by atoms with van der Waals surface area (Å²) < 4.78 is 0. The number of likely N-dealkylation sites (N-methyl/N-ethyl adjacent to an activating group) is 1. The zero-order valence-electron chi connectivity index (χ0n) is 16.4. The lowest BCUT2D eigenvalue weighted by molar-refractivity contribution is -0.117. The third-order valence-corrected chi connectivity index (χ3v) is 6.62.